The van der Waals surface area contributed by atoms with Crippen LogP contribution in [0.4, 0.5) is 0 Å². The Kier molecular flexibility index (Phi) is 6.73. The number of nitrogens with zero attached hydrogens (tertiary/aromatic N) is 2. The molecule has 1 aromatic rings. The maximum Gasteiger partial charge on any atom is 0.112 e. The molecule has 0 saturated heterocycles. The van der Waals surface area contributed by atoms with Crippen LogP contribution in [0.2, 0.25) is 0 Å². The first kappa shape index (κ1) is 15.0. The molecule has 0 fully saturated rings. The molecular weight excluding hydrogens is 222 g/mol. The van der Waals surface area contributed by atoms with Crippen molar-refractivity contribution in [3.63, 3.8) is 0 Å². The zero-order valence-electron chi connectivity index (χ0n) is 12.2. The van der Waals surface area contributed by atoms with Crippen molar-refractivity contribution in [2.45, 2.75) is 59.5 Å². The monoisotopic (exact) mass is 249 g/mol. The lowest BCUT2D eigenvalue weighted by Gasteiger charge is -2.08. The average Bonchev–Trinajstić information content (AvgIpc) is 2.72. The quantitative estimate of drug-likeness (QED) is 0.566. The summed E-state index contributed by atoms with van der Waals surface area (Å²) in [6, 6.07) is 0.571. The maximum absolute atomic E-state index is 4.44. The summed E-state index contributed by atoms with van der Waals surface area (Å²) in [5.41, 5.74) is 1.41. The predicted octanol–water partition coefficient (Wildman–Crippen LogP) is 3.17. The summed E-state index contributed by atoms with van der Waals surface area (Å²) in [6.07, 6.45) is 9.52. The second-order valence-electron chi connectivity index (χ2n) is 5.16. The van der Waals surface area contributed by atoms with Crippen molar-refractivity contribution >= 4 is 0 Å². The fourth-order valence-electron chi connectivity index (χ4n) is 1.96. The Morgan fingerprint density at radius 2 is 2.28 bits per heavy atom. The van der Waals surface area contributed by atoms with E-state index in [0.29, 0.717) is 6.04 Å². The highest BCUT2D eigenvalue weighted by molar-refractivity contribution is 5.08. The Morgan fingerprint density at radius 1 is 1.50 bits per heavy atom. The van der Waals surface area contributed by atoms with Gasteiger partial charge in [-0.1, -0.05) is 32.4 Å². The third kappa shape index (κ3) is 5.50. The van der Waals surface area contributed by atoms with Gasteiger partial charge < -0.3 is 9.88 Å². The zero-order chi connectivity index (χ0) is 13.4. The van der Waals surface area contributed by atoms with E-state index in [0.717, 1.165) is 32.4 Å². The first-order valence-corrected chi connectivity index (χ1v) is 7.02. The van der Waals surface area contributed by atoms with Crippen LogP contribution in [0.5, 0.6) is 0 Å². The Labute approximate surface area is 111 Å². The summed E-state index contributed by atoms with van der Waals surface area (Å²) in [7, 11) is 0. The molecule has 3 nitrogen and oxygen atoms in total. The van der Waals surface area contributed by atoms with Crippen LogP contribution >= 0.6 is 0 Å². The molecule has 1 heterocycles. The maximum atomic E-state index is 4.44. The van der Waals surface area contributed by atoms with Crippen molar-refractivity contribution in [1.29, 1.82) is 0 Å². The third-order valence-corrected chi connectivity index (χ3v) is 2.89. The minimum atomic E-state index is 0.571. The highest BCUT2D eigenvalue weighted by atomic mass is 15.1. The van der Waals surface area contributed by atoms with Gasteiger partial charge in [-0.25, -0.2) is 4.98 Å². The molecule has 102 valence electrons. The van der Waals surface area contributed by atoms with Crippen LogP contribution in [0.3, 0.4) is 0 Å². The molecule has 0 aliphatic heterocycles. The molecule has 0 aromatic carbocycles. The highest BCUT2D eigenvalue weighted by Crippen LogP contribution is 2.07. The van der Waals surface area contributed by atoms with Crippen LogP contribution in [-0.2, 0) is 13.0 Å². The number of hydrogen-bond donors (Lipinski definition) is 1. The van der Waals surface area contributed by atoms with Gasteiger partial charge in [-0.3, -0.25) is 0 Å². The van der Waals surface area contributed by atoms with Crippen LogP contribution in [0, 0.1) is 0 Å². The molecule has 0 unspecified atom stereocenters. The normalized spacial score (nSPS) is 12.4. The summed E-state index contributed by atoms with van der Waals surface area (Å²) in [5, 5.41) is 3.43. The molecule has 0 aliphatic carbocycles. The van der Waals surface area contributed by atoms with E-state index < -0.39 is 0 Å². The summed E-state index contributed by atoms with van der Waals surface area (Å²) < 4.78 is 2.25. The lowest BCUT2D eigenvalue weighted by molar-refractivity contribution is 0.593. The van der Waals surface area contributed by atoms with E-state index in [2.05, 4.69) is 54.8 Å². The van der Waals surface area contributed by atoms with E-state index in [9.17, 15) is 0 Å². The van der Waals surface area contributed by atoms with Gasteiger partial charge in [0.25, 0.3) is 0 Å². The number of nitrogens with one attached hydrogen (secondary N) is 1. The molecule has 0 radical (unpaired) electrons. The lowest BCUT2D eigenvalue weighted by atomic mass is 10.1. The van der Waals surface area contributed by atoms with Gasteiger partial charge in [-0.15, -0.1) is 0 Å². The van der Waals surface area contributed by atoms with E-state index in [1.807, 2.05) is 6.20 Å². The standard InChI is InChI=1S/C15H27N3/c1-5-10-18-11-9-17-15(18)12-14(4)7-6-8-16-13(2)3/h7,9,11,13,16H,5-6,8,10,12H2,1-4H3. The number of aryl methyl sites for hydroxylation is 1. The van der Waals surface area contributed by atoms with Crippen LogP contribution < -0.4 is 5.32 Å². The largest absolute Gasteiger partial charge is 0.335 e. The molecule has 0 aliphatic rings. The number of hydrogen-bond acceptors (Lipinski definition) is 2. The van der Waals surface area contributed by atoms with Gasteiger partial charge in [0.15, 0.2) is 0 Å². The molecule has 1 rings (SSSR count). The van der Waals surface area contributed by atoms with E-state index in [1.54, 1.807) is 0 Å². The smallest absolute Gasteiger partial charge is 0.112 e. The van der Waals surface area contributed by atoms with E-state index in [-0.39, 0.29) is 0 Å². The van der Waals surface area contributed by atoms with Gasteiger partial charge in [-0.2, -0.15) is 0 Å². The van der Waals surface area contributed by atoms with Crippen molar-refractivity contribution in [1.82, 2.24) is 14.9 Å². The van der Waals surface area contributed by atoms with Crippen LogP contribution in [0.15, 0.2) is 24.0 Å². The Morgan fingerprint density at radius 3 is 2.94 bits per heavy atom. The van der Waals surface area contributed by atoms with Crippen molar-refractivity contribution < 1.29 is 0 Å². The van der Waals surface area contributed by atoms with E-state index in [1.165, 1.54) is 11.4 Å². The molecule has 1 N–H and O–H groups in total. The van der Waals surface area contributed by atoms with Crippen LogP contribution in [0.1, 0.15) is 46.4 Å². The number of allylic oxidation sites excluding steroid dienone is 1. The van der Waals surface area contributed by atoms with E-state index in [4.69, 9.17) is 0 Å². The van der Waals surface area contributed by atoms with Gasteiger partial charge in [0.05, 0.1) is 0 Å². The van der Waals surface area contributed by atoms with Crippen molar-refractivity contribution in [2.24, 2.45) is 0 Å². The highest BCUT2D eigenvalue weighted by Gasteiger charge is 2.02. The summed E-state index contributed by atoms with van der Waals surface area (Å²) >= 11 is 0. The SMILES string of the molecule is CCCn1ccnc1CC(C)=CCCNC(C)C. The van der Waals surface area contributed by atoms with Gasteiger partial charge in [0.1, 0.15) is 5.82 Å². The summed E-state index contributed by atoms with van der Waals surface area (Å²) in [4.78, 5) is 4.44. The van der Waals surface area contributed by atoms with Crippen molar-refractivity contribution in [3.8, 4) is 0 Å². The molecule has 0 amide bonds. The fraction of sp³-hybridized carbons (Fsp3) is 0.667. The first-order valence-electron chi connectivity index (χ1n) is 7.02. The lowest BCUT2D eigenvalue weighted by Crippen LogP contribution is -2.23. The van der Waals surface area contributed by atoms with Gasteiger partial charge >= 0.3 is 0 Å². The second-order valence-corrected chi connectivity index (χ2v) is 5.16. The number of rotatable bonds is 8. The topological polar surface area (TPSA) is 29.9 Å². The molecule has 3 heteroatoms. The van der Waals surface area contributed by atoms with E-state index >= 15 is 0 Å². The second kappa shape index (κ2) is 8.09. The van der Waals surface area contributed by atoms with Crippen molar-refractivity contribution in [3.05, 3.63) is 29.9 Å². The van der Waals surface area contributed by atoms with Crippen LogP contribution in [0.25, 0.3) is 0 Å². The number of imidazole rings is 1. The molecular formula is C15H27N3. The molecule has 0 atom stereocenters. The summed E-state index contributed by atoms with van der Waals surface area (Å²) in [5.74, 6) is 1.18. The average molecular weight is 249 g/mol. The molecule has 1 aromatic heterocycles. The summed E-state index contributed by atoms with van der Waals surface area (Å²) in [6.45, 7) is 10.9. The predicted molar refractivity (Wildman–Crippen MR) is 77.7 cm³/mol. The minimum absolute atomic E-state index is 0.571. The molecule has 0 bridgehead atoms. The van der Waals surface area contributed by atoms with Gasteiger partial charge in [-0.05, 0) is 26.3 Å². The van der Waals surface area contributed by atoms with Crippen LogP contribution in [-0.4, -0.2) is 22.1 Å². The minimum Gasteiger partial charge on any atom is -0.335 e. The third-order valence-electron chi connectivity index (χ3n) is 2.89. The first-order chi connectivity index (χ1) is 8.63. The fourth-order valence-corrected chi connectivity index (χ4v) is 1.96. The Bertz CT molecular complexity index is 364. The Balaban J connectivity index is 2.40. The Hall–Kier alpha value is -1.09. The molecule has 0 saturated carbocycles. The molecule has 18 heavy (non-hydrogen) atoms. The van der Waals surface area contributed by atoms with Crippen molar-refractivity contribution in [2.75, 3.05) is 6.54 Å². The zero-order valence-corrected chi connectivity index (χ0v) is 12.2. The van der Waals surface area contributed by atoms with Gasteiger partial charge in [0.2, 0.25) is 0 Å². The van der Waals surface area contributed by atoms with Gasteiger partial charge in [0, 0.05) is 31.4 Å². The molecule has 0 spiro atoms. The number of aromatic nitrogens is 2.